The van der Waals surface area contributed by atoms with Gasteiger partial charge in [-0.3, -0.25) is 10.1 Å². The molecule has 0 amide bonds. The van der Waals surface area contributed by atoms with E-state index in [1.165, 1.54) is 12.1 Å². The van der Waals surface area contributed by atoms with Crippen molar-refractivity contribution in [2.45, 2.75) is 25.4 Å². The molecule has 0 bridgehead atoms. The normalized spacial score (nSPS) is 15.8. The summed E-state index contributed by atoms with van der Waals surface area (Å²) in [5.41, 5.74) is -0.274. The largest absolute Gasteiger partial charge is 0.490 e. The minimum absolute atomic E-state index is 0.0893. The fourth-order valence-corrected chi connectivity index (χ4v) is 1.40. The molecule has 1 saturated carbocycles. The Morgan fingerprint density at radius 2 is 2.13 bits per heavy atom. The van der Waals surface area contributed by atoms with Gasteiger partial charge < -0.3 is 4.74 Å². The Balaban J connectivity index is 2.18. The molecule has 1 aliphatic rings. The summed E-state index contributed by atoms with van der Waals surface area (Å²) < 4.78 is 18.4. The van der Waals surface area contributed by atoms with Crippen LogP contribution in [0, 0.1) is 15.9 Å². The maximum atomic E-state index is 13.0. The van der Waals surface area contributed by atoms with Gasteiger partial charge in [-0.1, -0.05) is 0 Å². The van der Waals surface area contributed by atoms with Gasteiger partial charge in [-0.2, -0.15) is 0 Å². The SMILES string of the molecule is O=[N+]([O-])c1cc(F)cc(OC2CCC2)c1. The van der Waals surface area contributed by atoms with Crippen molar-refractivity contribution in [3.63, 3.8) is 0 Å². The van der Waals surface area contributed by atoms with Crippen LogP contribution in [0.2, 0.25) is 0 Å². The number of nitro benzene ring substituents is 1. The number of hydrogen-bond donors (Lipinski definition) is 0. The van der Waals surface area contributed by atoms with Crippen LogP contribution in [-0.4, -0.2) is 11.0 Å². The Labute approximate surface area is 85.8 Å². The number of halogens is 1. The van der Waals surface area contributed by atoms with Crippen LogP contribution in [0.25, 0.3) is 0 Å². The Morgan fingerprint density at radius 1 is 1.40 bits per heavy atom. The van der Waals surface area contributed by atoms with E-state index in [1.807, 2.05) is 0 Å². The molecular formula is C10H10FNO3. The summed E-state index contributed by atoms with van der Waals surface area (Å²) in [7, 11) is 0. The Hall–Kier alpha value is -1.65. The predicted molar refractivity (Wildman–Crippen MR) is 51.3 cm³/mol. The highest BCUT2D eigenvalue weighted by atomic mass is 19.1. The lowest BCUT2D eigenvalue weighted by atomic mass is 9.96. The lowest BCUT2D eigenvalue weighted by molar-refractivity contribution is -0.385. The van der Waals surface area contributed by atoms with Gasteiger partial charge in [0.15, 0.2) is 0 Å². The highest BCUT2D eigenvalue weighted by molar-refractivity contribution is 5.39. The fraction of sp³-hybridized carbons (Fsp3) is 0.400. The standard InChI is InChI=1S/C10H10FNO3/c11-7-4-8(12(13)14)6-10(5-7)15-9-2-1-3-9/h4-6,9H,1-3H2. The lowest BCUT2D eigenvalue weighted by Gasteiger charge is -2.26. The van der Waals surface area contributed by atoms with E-state index in [4.69, 9.17) is 4.74 Å². The second-order valence-corrected chi connectivity index (χ2v) is 3.57. The Morgan fingerprint density at radius 3 is 2.67 bits per heavy atom. The number of rotatable bonds is 3. The van der Waals surface area contributed by atoms with Gasteiger partial charge in [0.2, 0.25) is 0 Å². The van der Waals surface area contributed by atoms with Crippen molar-refractivity contribution in [1.29, 1.82) is 0 Å². The summed E-state index contributed by atoms with van der Waals surface area (Å²) in [6.45, 7) is 0. The van der Waals surface area contributed by atoms with Crippen LogP contribution >= 0.6 is 0 Å². The van der Waals surface area contributed by atoms with Crippen LogP contribution in [0.3, 0.4) is 0 Å². The van der Waals surface area contributed by atoms with Crippen LogP contribution in [0.1, 0.15) is 19.3 Å². The van der Waals surface area contributed by atoms with E-state index in [1.54, 1.807) is 0 Å². The van der Waals surface area contributed by atoms with Crippen molar-refractivity contribution in [1.82, 2.24) is 0 Å². The zero-order valence-corrected chi connectivity index (χ0v) is 7.98. The van der Waals surface area contributed by atoms with E-state index in [9.17, 15) is 14.5 Å². The second-order valence-electron chi connectivity index (χ2n) is 3.57. The highest BCUT2D eigenvalue weighted by Crippen LogP contribution is 2.28. The number of nitro groups is 1. The van der Waals surface area contributed by atoms with Gasteiger partial charge >= 0.3 is 0 Å². The molecule has 5 heteroatoms. The molecule has 80 valence electrons. The highest BCUT2D eigenvalue weighted by Gasteiger charge is 2.20. The van der Waals surface area contributed by atoms with Crippen molar-refractivity contribution >= 4 is 5.69 Å². The average molecular weight is 211 g/mol. The van der Waals surface area contributed by atoms with E-state index >= 15 is 0 Å². The van der Waals surface area contributed by atoms with Gasteiger partial charge in [0.25, 0.3) is 5.69 Å². The number of benzene rings is 1. The minimum Gasteiger partial charge on any atom is -0.490 e. The van der Waals surface area contributed by atoms with Crippen molar-refractivity contribution in [2.75, 3.05) is 0 Å². The van der Waals surface area contributed by atoms with Crippen molar-refractivity contribution < 1.29 is 14.1 Å². The summed E-state index contributed by atoms with van der Waals surface area (Å²) in [5, 5.41) is 10.5. The van der Waals surface area contributed by atoms with Gasteiger partial charge in [0.1, 0.15) is 11.6 Å². The van der Waals surface area contributed by atoms with E-state index in [0.717, 1.165) is 25.3 Å². The average Bonchev–Trinajstić information content (AvgIpc) is 2.10. The predicted octanol–water partition coefficient (Wildman–Crippen LogP) is 2.67. The number of ether oxygens (including phenoxy) is 1. The lowest BCUT2D eigenvalue weighted by Crippen LogP contribution is -2.24. The summed E-state index contributed by atoms with van der Waals surface area (Å²) >= 11 is 0. The summed E-state index contributed by atoms with van der Waals surface area (Å²) in [6.07, 6.45) is 3.06. The molecule has 1 aromatic carbocycles. The van der Waals surface area contributed by atoms with Crippen LogP contribution in [0.15, 0.2) is 18.2 Å². The van der Waals surface area contributed by atoms with Crippen molar-refractivity contribution in [2.24, 2.45) is 0 Å². The van der Waals surface area contributed by atoms with Gasteiger partial charge in [0, 0.05) is 6.07 Å². The van der Waals surface area contributed by atoms with Gasteiger partial charge in [-0.25, -0.2) is 4.39 Å². The molecule has 2 rings (SSSR count). The third-order valence-electron chi connectivity index (χ3n) is 2.42. The van der Waals surface area contributed by atoms with Gasteiger partial charge in [0.05, 0.1) is 23.2 Å². The monoisotopic (exact) mass is 211 g/mol. The van der Waals surface area contributed by atoms with Crippen LogP contribution < -0.4 is 4.74 Å². The van der Waals surface area contributed by atoms with Crippen LogP contribution in [0.5, 0.6) is 5.75 Å². The maximum Gasteiger partial charge on any atom is 0.276 e. The third kappa shape index (κ3) is 2.23. The summed E-state index contributed by atoms with van der Waals surface area (Å²) in [5.74, 6) is -0.398. The zero-order valence-electron chi connectivity index (χ0n) is 7.98. The topological polar surface area (TPSA) is 52.4 Å². The molecular weight excluding hydrogens is 201 g/mol. The van der Waals surface area contributed by atoms with E-state index in [2.05, 4.69) is 0 Å². The minimum atomic E-state index is -0.640. The third-order valence-corrected chi connectivity index (χ3v) is 2.42. The first-order valence-electron chi connectivity index (χ1n) is 4.77. The van der Waals surface area contributed by atoms with Crippen molar-refractivity contribution in [3.8, 4) is 5.75 Å². The van der Waals surface area contributed by atoms with Gasteiger partial charge in [-0.15, -0.1) is 0 Å². The zero-order chi connectivity index (χ0) is 10.8. The molecule has 0 aromatic heterocycles. The first-order valence-corrected chi connectivity index (χ1v) is 4.77. The summed E-state index contributed by atoms with van der Waals surface area (Å²) in [4.78, 5) is 9.83. The molecule has 0 spiro atoms. The first kappa shape index (κ1) is 9.89. The maximum absolute atomic E-state index is 13.0. The van der Waals surface area contributed by atoms with Crippen LogP contribution in [-0.2, 0) is 0 Å². The molecule has 0 atom stereocenters. The molecule has 0 radical (unpaired) electrons. The molecule has 0 unspecified atom stereocenters. The molecule has 1 aromatic rings. The Kier molecular flexibility index (Phi) is 2.53. The molecule has 15 heavy (non-hydrogen) atoms. The molecule has 0 aliphatic heterocycles. The Bertz CT molecular complexity index is 390. The molecule has 0 saturated heterocycles. The summed E-state index contributed by atoms with van der Waals surface area (Å²) in [6, 6.07) is 3.31. The molecule has 1 aliphatic carbocycles. The smallest absolute Gasteiger partial charge is 0.276 e. The number of nitrogens with zero attached hydrogens (tertiary/aromatic N) is 1. The molecule has 0 heterocycles. The number of hydrogen-bond acceptors (Lipinski definition) is 3. The van der Waals surface area contributed by atoms with E-state index < -0.39 is 10.7 Å². The molecule has 4 nitrogen and oxygen atoms in total. The molecule has 1 fully saturated rings. The fourth-order valence-electron chi connectivity index (χ4n) is 1.40. The van der Waals surface area contributed by atoms with Crippen LogP contribution in [0.4, 0.5) is 10.1 Å². The number of non-ortho nitro benzene ring substituents is 1. The van der Waals surface area contributed by atoms with Gasteiger partial charge in [-0.05, 0) is 19.3 Å². The van der Waals surface area contributed by atoms with E-state index in [0.29, 0.717) is 0 Å². The second kappa shape index (κ2) is 3.84. The van der Waals surface area contributed by atoms with Crippen molar-refractivity contribution in [3.05, 3.63) is 34.1 Å². The van der Waals surface area contributed by atoms with E-state index in [-0.39, 0.29) is 17.5 Å². The molecule has 0 N–H and O–H groups in total. The first-order chi connectivity index (χ1) is 7.15. The quantitative estimate of drug-likeness (QED) is 0.570.